The number of halogens is 1. The van der Waals surface area contributed by atoms with Crippen LogP contribution in [0.3, 0.4) is 0 Å². The van der Waals surface area contributed by atoms with Gasteiger partial charge in [-0.2, -0.15) is 10.4 Å². The van der Waals surface area contributed by atoms with Crippen molar-refractivity contribution in [2.75, 3.05) is 26.2 Å². The number of hydrogen-bond acceptors (Lipinski definition) is 7. The summed E-state index contributed by atoms with van der Waals surface area (Å²) in [5.41, 5.74) is 17.8. The van der Waals surface area contributed by atoms with Crippen molar-refractivity contribution >= 4 is 12.1 Å². The van der Waals surface area contributed by atoms with Crippen molar-refractivity contribution in [3.63, 3.8) is 0 Å². The van der Waals surface area contributed by atoms with Gasteiger partial charge in [0.05, 0.1) is 35.9 Å². The molecule has 1 aliphatic carbocycles. The third kappa shape index (κ3) is 4.73. The van der Waals surface area contributed by atoms with Gasteiger partial charge in [-0.05, 0) is 53.8 Å². The molecule has 0 bridgehead atoms. The molecule has 9 heteroatoms. The van der Waals surface area contributed by atoms with Gasteiger partial charge in [-0.15, -0.1) is 0 Å². The van der Waals surface area contributed by atoms with Gasteiger partial charge in [0.1, 0.15) is 11.9 Å². The first kappa shape index (κ1) is 25.8. The predicted octanol–water partition coefficient (Wildman–Crippen LogP) is 3.09. The Bertz CT molecular complexity index is 1370. The van der Waals surface area contributed by atoms with Crippen molar-refractivity contribution in [2.45, 2.75) is 37.8 Å². The number of aromatic nitrogens is 1. The second-order valence-electron chi connectivity index (χ2n) is 10.3. The molecule has 38 heavy (non-hydrogen) atoms. The molecule has 2 fully saturated rings. The highest BCUT2D eigenvalue weighted by atomic mass is 19.1. The Morgan fingerprint density at radius 1 is 1.32 bits per heavy atom. The van der Waals surface area contributed by atoms with E-state index in [1.54, 1.807) is 18.3 Å². The van der Waals surface area contributed by atoms with E-state index in [0.717, 1.165) is 40.2 Å². The number of pyridine rings is 1. The topological polar surface area (TPSA) is 120 Å². The number of rotatable bonds is 7. The van der Waals surface area contributed by atoms with Gasteiger partial charge in [0, 0.05) is 55.5 Å². The summed E-state index contributed by atoms with van der Waals surface area (Å²) in [6.07, 6.45) is 6.65. The summed E-state index contributed by atoms with van der Waals surface area (Å²) in [7, 11) is 0. The van der Waals surface area contributed by atoms with Crippen molar-refractivity contribution in [1.82, 2.24) is 14.9 Å². The number of nitriles is 1. The summed E-state index contributed by atoms with van der Waals surface area (Å²) in [5.74, 6) is 0.232. The number of fused-ring (bicyclic) bond motifs is 1. The molecule has 3 aliphatic rings. The maximum atomic E-state index is 14.4. The summed E-state index contributed by atoms with van der Waals surface area (Å²) in [6.45, 7) is 11.2. The molecule has 4 N–H and O–H groups in total. The van der Waals surface area contributed by atoms with Gasteiger partial charge in [-0.25, -0.2) is 4.39 Å². The number of nitrogens with zero attached hydrogens (tertiary/aromatic N) is 6. The van der Waals surface area contributed by atoms with Gasteiger partial charge >= 0.3 is 0 Å². The summed E-state index contributed by atoms with van der Waals surface area (Å²) in [4.78, 5) is 11.0. The molecule has 5 rings (SSSR count). The van der Waals surface area contributed by atoms with E-state index in [4.69, 9.17) is 16.6 Å². The Labute approximate surface area is 222 Å². The van der Waals surface area contributed by atoms with Crippen LogP contribution in [-0.4, -0.2) is 65.2 Å². The Kier molecular flexibility index (Phi) is 7.11. The van der Waals surface area contributed by atoms with Crippen LogP contribution in [-0.2, 0) is 0 Å². The van der Waals surface area contributed by atoms with E-state index < -0.39 is 0 Å². The minimum Gasteiger partial charge on any atom is -0.390 e. The van der Waals surface area contributed by atoms with Crippen molar-refractivity contribution in [3.8, 4) is 6.07 Å². The Morgan fingerprint density at radius 2 is 2.13 bits per heavy atom. The molecular formula is C29H33FN8. The van der Waals surface area contributed by atoms with Crippen LogP contribution in [0.2, 0.25) is 0 Å². The second-order valence-corrected chi connectivity index (χ2v) is 10.3. The molecule has 196 valence electrons. The summed E-state index contributed by atoms with van der Waals surface area (Å²) in [6, 6.07) is 9.18. The van der Waals surface area contributed by atoms with Gasteiger partial charge in [0.15, 0.2) is 0 Å². The van der Waals surface area contributed by atoms with E-state index in [9.17, 15) is 9.65 Å². The lowest BCUT2D eigenvalue weighted by molar-refractivity contribution is 0.127. The second kappa shape index (κ2) is 10.5. The molecule has 8 nitrogen and oxygen atoms in total. The standard InChI is InChI=1S/C29H33FN8/c1-17-8-23-15-37(6-7-38(23)36-28(17)21-9-20(11-31)13-34-14-21)19(3)26(12-32)24-5-4-22(30)10-25(24)27-18(2)29(27)35-16-33/h4-5,8-10,13-14,16,18-19,26-27,29H,1,6-7,12,15,32H2,2-3H3,(H2,33,35). The Hall–Kier alpha value is -3.87. The lowest BCUT2D eigenvalue weighted by Gasteiger charge is -2.42. The Balaban J connectivity index is 1.36. The zero-order valence-electron chi connectivity index (χ0n) is 21.8. The van der Waals surface area contributed by atoms with E-state index in [0.29, 0.717) is 31.1 Å². The number of benzene rings is 1. The maximum absolute atomic E-state index is 14.4. The average Bonchev–Trinajstić information content (AvgIpc) is 3.57. The third-order valence-electron chi connectivity index (χ3n) is 8.11. The monoisotopic (exact) mass is 512 g/mol. The van der Waals surface area contributed by atoms with Crippen LogP contribution >= 0.6 is 0 Å². The summed E-state index contributed by atoms with van der Waals surface area (Å²) < 4.78 is 14.4. The number of hydrazone groups is 1. The molecule has 2 aromatic rings. The zero-order valence-corrected chi connectivity index (χ0v) is 21.8. The van der Waals surface area contributed by atoms with Crippen LogP contribution in [0.25, 0.3) is 0 Å². The first-order valence-corrected chi connectivity index (χ1v) is 12.9. The average molecular weight is 513 g/mol. The van der Waals surface area contributed by atoms with Gasteiger partial charge < -0.3 is 11.5 Å². The molecule has 1 saturated heterocycles. The zero-order chi connectivity index (χ0) is 27.0. The molecule has 1 aromatic heterocycles. The Morgan fingerprint density at radius 3 is 2.87 bits per heavy atom. The predicted molar refractivity (Wildman–Crippen MR) is 147 cm³/mol. The number of nitrogens with two attached hydrogens (primary N) is 2. The molecule has 0 spiro atoms. The van der Waals surface area contributed by atoms with Crippen LogP contribution < -0.4 is 11.5 Å². The number of piperazine rings is 1. The fourth-order valence-electron chi connectivity index (χ4n) is 5.89. The van der Waals surface area contributed by atoms with Crippen LogP contribution in [0.4, 0.5) is 4.39 Å². The van der Waals surface area contributed by atoms with Crippen molar-refractivity contribution < 1.29 is 4.39 Å². The lowest BCUT2D eigenvalue weighted by Crippen LogP contribution is -2.50. The molecule has 0 radical (unpaired) electrons. The van der Waals surface area contributed by atoms with E-state index in [1.807, 2.05) is 11.1 Å². The SMILES string of the molecule is C=C1C=C2CN(C(C)C(CN)c3ccc(F)cc3C3C(C)C3N=CN)CCN2N=C1c1cncc(C#N)c1. The van der Waals surface area contributed by atoms with Crippen LogP contribution in [0.1, 0.15) is 47.9 Å². The van der Waals surface area contributed by atoms with Gasteiger partial charge in [-0.3, -0.25) is 19.9 Å². The highest BCUT2D eigenvalue weighted by molar-refractivity contribution is 6.14. The van der Waals surface area contributed by atoms with Crippen molar-refractivity contribution in [2.24, 2.45) is 27.5 Å². The number of hydrogen-bond donors (Lipinski definition) is 2. The molecule has 1 aromatic carbocycles. The molecule has 3 heterocycles. The van der Waals surface area contributed by atoms with Crippen LogP contribution in [0.5, 0.6) is 0 Å². The molecule has 5 atom stereocenters. The normalized spacial score (nSPS) is 24.9. The van der Waals surface area contributed by atoms with E-state index in [1.165, 1.54) is 18.6 Å². The minimum atomic E-state index is -0.245. The summed E-state index contributed by atoms with van der Waals surface area (Å²) >= 11 is 0. The smallest absolute Gasteiger partial charge is 0.123 e. The third-order valence-corrected chi connectivity index (χ3v) is 8.11. The van der Waals surface area contributed by atoms with Crippen LogP contribution in [0, 0.1) is 23.1 Å². The molecule has 0 amide bonds. The molecule has 5 unspecified atom stereocenters. The van der Waals surface area contributed by atoms with Crippen LogP contribution in [0.15, 0.2) is 70.7 Å². The minimum absolute atomic E-state index is 0.0266. The number of aliphatic imine (C=N–C) groups is 1. The van der Waals surface area contributed by atoms with Crippen molar-refractivity contribution in [1.29, 1.82) is 5.26 Å². The van der Waals surface area contributed by atoms with Gasteiger partial charge in [0.2, 0.25) is 0 Å². The highest BCUT2D eigenvalue weighted by Crippen LogP contribution is 2.52. The maximum Gasteiger partial charge on any atom is 0.123 e. The molecule has 2 aliphatic heterocycles. The fraction of sp³-hybridized carbons (Fsp3) is 0.379. The molecular weight excluding hydrogens is 479 g/mol. The lowest BCUT2D eigenvalue weighted by atomic mass is 9.85. The van der Waals surface area contributed by atoms with E-state index >= 15 is 0 Å². The largest absolute Gasteiger partial charge is 0.390 e. The first-order chi connectivity index (χ1) is 18.4. The quantitative estimate of drug-likeness (QED) is 0.435. The van der Waals surface area contributed by atoms with Crippen molar-refractivity contribution in [3.05, 3.63) is 88.7 Å². The molecule has 1 saturated carbocycles. The van der Waals surface area contributed by atoms with Gasteiger partial charge in [-0.1, -0.05) is 19.6 Å². The van der Waals surface area contributed by atoms with E-state index in [-0.39, 0.29) is 29.7 Å². The first-order valence-electron chi connectivity index (χ1n) is 12.9. The fourth-order valence-corrected chi connectivity index (χ4v) is 5.89. The number of allylic oxidation sites excluding steroid dienone is 2. The van der Waals surface area contributed by atoms with E-state index in [2.05, 4.69) is 47.4 Å². The van der Waals surface area contributed by atoms with Gasteiger partial charge in [0.25, 0.3) is 0 Å². The summed E-state index contributed by atoms with van der Waals surface area (Å²) in [5, 5.41) is 16.1. The highest BCUT2D eigenvalue weighted by Gasteiger charge is 2.49.